The van der Waals surface area contributed by atoms with Gasteiger partial charge >= 0.3 is 11.9 Å². The molecule has 1 aromatic carbocycles. The summed E-state index contributed by atoms with van der Waals surface area (Å²) in [6.45, 7) is 5.21. The SMILES string of the molecule is CCOC(=O)C1=C(C)OC(N)=C(C(=O)OCC)C1c1cccc(O)c1. The van der Waals surface area contributed by atoms with Crippen molar-refractivity contribution < 1.29 is 28.9 Å². The van der Waals surface area contributed by atoms with Gasteiger partial charge in [-0.05, 0) is 38.5 Å². The molecule has 1 aromatic rings. The highest BCUT2D eigenvalue weighted by molar-refractivity contribution is 5.99. The third kappa shape index (κ3) is 3.76. The van der Waals surface area contributed by atoms with Crippen molar-refractivity contribution in [2.45, 2.75) is 26.7 Å². The van der Waals surface area contributed by atoms with E-state index in [0.717, 1.165) is 0 Å². The number of esters is 2. The molecule has 0 saturated carbocycles. The first-order valence-corrected chi connectivity index (χ1v) is 7.92. The van der Waals surface area contributed by atoms with Gasteiger partial charge in [-0.1, -0.05) is 12.1 Å². The third-order valence-corrected chi connectivity index (χ3v) is 3.68. The lowest BCUT2D eigenvalue weighted by Crippen LogP contribution is -2.30. The predicted molar refractivity (Wildman–Crippen MR) is 89.1 cm³/mol. The molecule has 134 valence electrons. The number of carbonyl (C=O) groups is 2. The van der Waals surface area contributed by atoms with Gasteiger partial charge in [0.1, 0.15) is 17.1 Å². The number of hydrogen-bond donors (Lipinski definition) is 2. The van der Waals surface area contributed by atoms with E-state index in [1.54, 1.807) is 32.9 Å². The number of carbonyl (C=O) groups excluding carboxylic acids is 2. The Morgan fingerprint density at radius 3 is 2.32 bits per heavy atom. The standard InChI is InChI=1S/C18H21NO6/c1-4-23-17(21)13-10(3)25-16(19)15(18(22)24-5-2)14(13)11-7-6-8-12(20)9-11/h6-9,14,20H,4-5,19H2,1-3H3. The number of allylic oxidation sites excluding steroid dienone is 1. The summed E-state index contributed by atoms with van der Waals surface area (Å²) in [5.74, 6) is -2.09. The normalized spacial score (nSPS) is 17.2. The molecular weight excluding hydrogens is 326 g/mol. The van der Waals surface area contributed by atoms with Crippen LogP contribution in [0.15, 0.2) is 47.1 Å². The van der Waals surface area contributed by atoms with Crippen LogP contribution in [0.25, 0.3) is 0 Å². The Bertz CT molecular complexity index is 710. The average molecular weight is 347 g/mol. The summed E-state index contributed by atoms with van der Waals surface area (Å²) >= 11 is 0. The molecule has 0 aromatic heterocycles. The molecule has 7 nitrogen and oxygen atoms in total. The molecule has 1 aliphatic heterocycles. The van der Waals surface area contributed by atoms with Gasteiger partial charge < -0.3 is 25.1 Å². The van der Waals surface area contributed by atoms with Crippen molar-refractivity contribution in [3.8, 4) is 5.75 Å². The van der Waals surface area contributed by atoms with Crippen LogP contribution in [0, 0.1) is 0 Å². The smallest absolute Gasteiger partial charge is 0.340 e. The van der Waals surface area contributed by atoms with E-state index < -0.39 is 17.9 Å². The van der Waals surface area contributed by atoms with Gasteiger partial charge in [-0.2, -0.15) is 0 Å². The lowest BCUT2D eigenvalue weighted by Gasteiger charge is -2.28. The number of benzene rings is 1. The van der Waals surface area contributed by atoms with Crippen molar-refractivity contribution in [3.05, 3.63) is 52.6 Å². The Labute approximate surface area is 145 Å². The zero-order valence-corrected chi connectivity index (χ0v) is 14.4. The second kappa shape index (κ2) is 7.74. The molecule has 0 amide bonds. The molecule has 1 aliphatic rings. The van der Waals surface area contributed by atoms with Crippen LogP contribution in [0.3, 0.4) is 0 Å². The molecule has 0 saturated heterocycles. The van der Waals surface area contributed by atoms with Gasteiger partial charge in [-0.3, -0.25) is 0 Å². The second-order valence-corrected chi connectivity index (χ2v) is 5.32. The quantitative estimate of drug-likeness (QED) is 0.785. The molecule has 7 heteroatoms. The van der Waals surface area contributed by atoms with Gasteiger partial charge in [-0.25, -0.2) is 9.59 Å². The Hall–Kier alpha value is -2.96. The fraction of sp³-hybridized carbons (Fsp3) is 0.333. The minimum Gasteiger partial charge on any atom is -0.508 e. The molecule has 25 heavy (non-hydrogen) atoms. The summed E-state index contributed by atoms with van der Waals surface area (Å²) in [6.07, 6.45) is 0. The van der Waals surface area contributed by atoms with Gasteiger partial charge in [0.25, 0.3) is 0 Å². The van der Waals surface area contributed by atoms with Crippen LogP contribution in [0.5, 0.6) is 5.75 Å². The highest BCUT2D eigenvalue weighted by atomic mass is 16.5. The molecule has 0 fully saturated rings. The maximum absolute atomic E-state index is 12.5. The van der Waals surface area contributed by atoms with Crippen molar-refractivity contribution in [3.63, 3.8) is 0 Å². The van der Waals surface area contributed by atoms with Crippen molar-refractivity contribution in [2.24, 2.45) is 5.73 Å². The molecular formula is C18H21NO6. The zero-order valence-electron chi connectivity index (χ0n) is 14.4. The van der Waals surface area contributed by atoms with Gasteiger partial charge in [0.15, 0.2) is 0 Å². The van der Waals surface area contributed by atoms with Crippen LogP contribution >= 0.6 is 0 Å². The average Bonchev–Trinajstić information content (AvgIpc) is 2.54. The van der Waals surface area contributed by atoms with Crippen LogP contribution in [-0.4, -0.2) is 30.3 Å². The molecule has 0 bridgehead atoms. The molecule has 3 N–H and O–H groups in total. The summed E-state index contributed by atoms with van der Waals surface area (Å²) in [5, 5.41) is 9.81. The molecule has 1 atom stereocenters. The molecule has 1 heterocycles. The van der Waals surface area contributed by atoms with E-state index in [1.807, 2.05) is 0 Å². The van der Waals surface area contributed by atoms with Crippen molar-refractivity contribution in [1.29, 1.82) is 0 Å². The van der Waals surface area contributed by atoms with Gasteiger partial charge in [0.2, 0.25) is 5.88 Å². The topological polar surface area (TPSA) is 108 Å². The molecule has 2 rings (SSSR count). The molecule has 0 aliphatic carbocycles. The Morgan fingerprint density at radius 2 is 1.76 bits per heavy atom. The maximum Gasteiger partial charge on any atom is 0.340 e. The molecule has 0 spiro atoms. The van der Waals surface area contributed by atoms with E-state index in [2.05, 4.69) is 0 Å². The minimum absolute atomic E-state index is 0.00102. The number of rotatable bonds is 5. The van der Waals surface area contributed by atoms with Crippen molar-refractivity contribution >= 4 is 11.9 Å². The van der Waals surface area contributed by atoms with E-state index in [4.69, 9.17) is 19.9 Å². The number of hydrogen-bond acceptors (Lipinski definition) is 7. The van der Waals surface area contributed by atoms with E-state index in [-0.39, 0.29) is 41.8 Å². The maximum atomic E-state index is 12.5. The summed E-state index contributed by atoms with van der Waals surface area (Å²) in [4.78, 5) is 24.9. The molecule has 1 unspecified atom stereocenters. The van der Waals surface area contributed by atoms with E-state index in [9.17, 15) is 14.7 Å². The van der Waals surface area contributed by atoms with Crippen LogP contribution in [-0.2, 0) is 23.8 Å². The number of nitrogens with two attached hydrogens (primary N) is 1. The monoisotopic (exact) mass is 347 g/mol. The lowest BCUT2D eigenvalue weighted by molar-refractivity contribution is -0.140. The Balaban J connectivity index is 2.64. The lowest BCUT2D eigenvalue weighted by atomic mass is 9.82. The summed E-state index contributed by atoms with van der Waals surface area (Å²) in [6, 6.07) is 6.22. The number of ether oxygens (including phenoxy) is 3. The largest absolute Gasteiger partial charge is 0.508 e. The first-order valence-electron chi connectivity index (χ1n) is 7.92. The van der Waals surface area contributed by atoms with Gasteiger partial charge in [-0.15, -0.1) is 0 Å². The van der Waals surface area contributed by atoms with E-state index in [0.29, 0.717) is 5.56 Å². The first kappa shape index (κ1) is 18.4. The second-order valence-electron chi connectivity index (χ2n) is 5.32. The number of phenols is 1. The number of phenolic OH excluding ortho intramolecular Hbond substituents is 1. The molecule has 0 radical (unpaired) electrons. The highest BCUT2D eigenvalue weighted by Crippen LogP contribution is 2.41. The summed E-state index contributed by atoms with van der Waals surface area (Å²) in [5.41, 5.74) is 6.55. The van der Waals surface area contributed by atoms with Gasteiger partial charge in [0, 0.05) is 0 Å². The van der Waals surface area contributed by atoms with Crippen molar-refractivity contribution in [2.75, 3.05) is 13.2 Å². The number of aromatic hydroxyl groups is 1. The summed E-state index contributed by atoms with van der Waals surface area (Å²) < 4.78 is 15.6. The van der Waals surface area contributed by atoms with Crippen LogP contribution < -0.4 is 5.73 Å². The highest BCUT2D eigenvalue weighted by Gasteiger charge is 2.40. The summed E-state index contributed by atoms with van der Waals surface area (Å²) in [7, 11) is 0. The minimum atomic E-state index is -0.862. The third-order valence-electron chi connectivity index (χ3n) is 3.68. The van der Waals surface area contributed by atoms with Crippen LogP contribution in [0.2, 0.25) is 0 Å². The van der Waals surface area contributed by atoms with Gasteiger partial charge in [0.05, 0.1) is 24.7 Å². The Morgan fingerprint density at radius 1 is 1.16 bits per heavy atom. The predicted octanol–water partition coefficient (Wildman–Crippen LogP) is 2.08. The first-order chi connectivity index (χ1) is 11.9. The Kier molecular flexibility index (Phi) is 5.69. The van der Waals surface area contributed by atoms with Crippen LogP contribution in [0.4, 0.5) is 0 Å². The zero-order chi connectivity index (χ0) is 18.6. The van der Waals surface area contributed by atoms with Crippen molar-refractivity contribution in [1.82, 2.24) is 0 Å². The van der Waals surface area contributed by atoms with E-state index >= 15 is 0 Å². The fourth-order valence-corrected chi connectivity index (χ4v) is 2.70. The van der Waals surface area contributed by atoms with Crippen LogP contribution in [0.1, 0.15) is 32.3 Å². The van der Waals surface area contributed by atoms with E-state index in [1.165, 1.54) is 12.1 Å². The fourth-order valence-electron chi connectivity index (χ4n) is 2.70.